The van der Waals surface area contributed by atoms with Crippen molar-refractivity contribution in [1.82, 2.24) is 29.9 Å². The van der Waals surface area contributed by atoms with Crippen molar-refractivity contribution >= 4 is 5.91 Å². The van der Waals surface area contributed by atoms with Crippen LogP contribution in [-0.4, -0.2) is 55.5 Å². The minimum atomic E-state index is -0.554. The first kappa shape index (κ1) is 16.5. The van der Waals surface area contributed by atoms with Gasteiger partial charge in [-0.25, -0.2) is 4.98 Å². The summed E-state index contributed by atoms with van der Waals surface area (Å²) in [5.74, 6) is 0.673. The zero-order chi connectivity index (χ0) is 18.1. The summed E-state index contributed by atoms with van der Waals surface area (Å²) in [6.07, 6.45) is 5.18. The van der Waals surface area contributed by atoms with E-state index in [4.69, 9.17) is 4.74 Å². The molecule has 0 radical (unpaired) electrons. The molecule has 2 aromatic heterocycles. The number of carbonyl (C=O) groups excluding carboxylic acids is 1. The molecule has 0 bridgehead atoms. The second-order valence-electron chi connectivity index (χ2n) is 6.62. The van der Waals surface area contributed by atoms with Gasteiger partial charge in [0.2, 0.25) is 0 Å². The van der Waals surface area contributed by atoms with E-state index in [0.29, 0.717) is 31.1 Å². The first-order valence-corrected chi connectivity index (χ1v) is 8.43. The standard InChI is InChI=1S/C18H20N6O2/c1-18(15-9-21-23(2)10-15)11-24(7-8-26-18)17(25)14-5-3-13(4-6-14)16-19-12-20-22-16/h3-6,9-10,12H,7-8,11H2,1-2H3,(H,19,20,22). The molecule has 1 aliphatic rings. The largest absolute Gasteiger partial charge is 0.367 e. The fourth-order valence-corrected chi connectivity index (χ4v) is 3.21. The zero-order valence-corrected chi connectivity index (χ0v) is 14.7. The van der Waals surface area contributed by atoms with Gasteiger partial charge in [-0.3, -0.25) is 14.6 Å². The van der Waals surface area contributed by atoms with E-state index in [9.17, 15) is 4.79 Å². The van der Waals surface area contributed by atoms with Crippen LogP contribution < -0.4 is 0 Å². The van der Waals surface area contributed by atoms with Crippen LogP contribution in [0.5, 0.6) is 0 Å². The number of aromatic amines is 1. The number of aromatic nitrogens is 5. The molecular formula is C18H20N6O2. The Balaban J connectivity index is 1.52. The van der Waals surface area contributed by atoms with Crippen LogP contribution in [0.3, 0.4) is 0 Å². The Morgan fingerprint density at radius 1 is 1.31 bits per heavy atom. The molecule has 1 aromatic carbocycles. The van der Waals surface area contributed by atoms with Crippen molar-refractivity contribution in [3.63, 3.8) is 0 Å². The van der Waals surface area contributed by atoms with Crippen LogP contribution in [0.2, 0.25) is 0 Å². The first-order valence-electron chi connectivity index (χ1n) is 8.43. The third-order valence-electron chi connectivity index (χ3n) is 4.70. The van der Waals surface area contributed by atoms with Crippen molar-refractivity contribution in [3.05, 3.63) is 54.1 Å². The number of morpholine rings is 1. The summed E-state index contributed by atoms with van der Waals surface area (Å²) >= 11 is 0. The average Bonchev–Trinajstić information content (AvgIpc) is 3.33. The predicted molar refractivity (Wildman–Crippen MR) is 94.2 cm³/mol. The van der Waals surface area contributed by atoms with Crippen molar-refractivity contribution < 1.29 is 9.53 Å². The Bertz CT molecular complexity index is 902. The molecule has 0 aliphatic carbocycles. The van der Waals surface area contributed by atoms with Crippen LogP contribution in [0.4, 0.5) is 0 Å². The number of nitrogens with one attached hydrogen (secondary N) is 1. The van der Waals surface area contributed by atoms with Crippen LogP contribution in [0, 0.1) is 0 Å². The van der Waals surface area contributed by atoms with Gasteiger partial charge in [-0.05, 0) is 19.1 Å². The topological polar surface area (TPSA) is 88.9 Å². The SMILES string of the molecule is Cn1cc(C2(C)CN(C(=O)c3ccc(-c4ncn[nH]4)cc3)CCO2)cn1. The molecule has 1 amide bonds. The minimum absolute atomic E-state index is 0.00691. The minimum Gasteiger partial charge on any atom is -0.367 e. The lowest BCUT2D eigenvalue weighted by atomic mass is 9.96. The summed E-state index contributed by atoms with van der Waals surface area (Å²) < 4.78 is 7.73. The first-order chi connectivity index (χ1) is 12.5. The van der Waals surface area contributed by atoms with Crippen molar-refractivity contribution in [3.8, 4) is 11.4 Å². The third kappa shape index (κ3) is 2.99. The number of nitrogens with zero attached hydrogens (tertiary/aromatic N) is 5. The number of hydrogen-bond acceptors (Lipinski definition) is 5. The van der Waals surface area contributed by atoms with Gasteiger partial charge in [0.15, 0.2) is 5.82 Å². The predicted octanol–water partition coefficient (Wildman–Crippen LogP) is 1.59. The summed E-state index contributed by atoms with van der Waals surface area (Å²) in [5.41, 5.74) is 1.95. The maximum absolute atomic E-state index is 12.9. The quantitative estimate of drug-likeness (QED) is 0.773. The van der Waals surface area contributed by atoms with Crippen molar-refractivity contribution in [2.24, 2.45) is 7.05 Å². The van der Waals surface area contributed by atoms with Gasteiger partial charge in [-0.1, -0.05) is 12.1 Å². The normalized spacial score (nSPS) is 20.3. The van der Waals surface area contributed by atoms with E-state index in [1.54, 1.807) is 10.9 Å². The Morgan fingerprint density at radius 3 is 2.77 bits per heavy atom. The molecule has 0 spiro atoms. The smallest absolute Gasteiger partial charge is 0.254 e. The van der Waals surface area contributed by atoms with E-state index >= 15 is 0 Å². The Kier molecular flexibility index (Phi) is 4.04. The average molecular weight is 352 g/mol. The van der Waals surface area contributed by atoms with E-state index in [1.165, 1.54) is 6.33 Å². The molecule has 1 atom stereocenters. The lowest BCUT2D eigenvalue weighted by molar-refractivity contribution is -0.0931. The van der Waals surface area contributed by atoms with Crippen LogP contribution in [0.25, 0.3) is 11.4 Å². The summed E-state index contributed by atoms with van der Waals surface area (Å²) in [4.78, 5) is 18.9. The number of H-pyrrole nitrogens is 1. The van der Waals surface area contributed by atoms with E-state index in [2.05, 4.69) is 20.3 Å². The van der Waals surface area contributed by atoms with E-state index in [0.717, 1.165) is 11.1 Å². The van der Waals surface area contributed by atoms with Gasteiger partial charge in [0.25, 0.3) is 5.91 Å². The highest BCUT2D eigenvalue weighted by molar-refractivity contribution is 5.94. The second-order valence-corrected chi connectivity index (χ2v) is 6.62. The summed E-state index contributed by atoms with van der Waals surface area (Å²) in [5, 5.41) is 10.9. The molecular weight excluding hydrogens is 332 g/mol. The van der Waals surface area contributed by atoms with Gasteiger partial charge in [-0.15, -0.1) is 0 Å². The molecule has 3 aromatic rings. The number of amides is 1. The summed E-state index contributed by atoms with van der Waals surface area (Å²) in [7, 11) is 1.87. The summed E-state index contributed by atoms with van der Waals surface area (Å²) in [6.45, 7) is 3.55. The van der Waals surface area contributed by atoms with Gasteiger partial charge in [0.1, 0.15) is 11.9 Å². The highest BCUT2D eigenvalue weighted by atomic mass is 16.5. The molecule has 1 unspecified atom stereocenters. The van der Waals surface area contributed by atoms with Gasteiger partial charge in [0.05, 0.1) is 19.3 Å². The molecule has 0 saturated carbocycles. The lowest BCUT2D eigenvalue weighted by Gasteiger charge is -2.40. The number of rotatable bonds is 3. The van der Waals surface area contributed by atoms with Gasteiger partial charge < -0.3 is 9.64 Å². The molecule has 26 heavy (non-hydrogen) atoms. The van der Waals surface area contributed by atoms with E-state index < -0.39 is 5.60 Å². The molecule has 1 fully saturated rings. The third-order valence-corrected chi connectivity index (χ3v) is 4.70. The number of carbonyl (C=O) groups is 1. The number of aryl methyl sites for hydroxylation is 1. The van der Waals surface area contributed by atoms with Crippen molar-refractivity contribution in [2.45, 2.75) is 12.5 Å². The number of hydrogen-bond donors (Lipinski definition) is 1. The monoisotopic (exact) mass is 352 g/mol. The highest BCUT2D eigenvalue weighted by Gasteiger charge is 2.37. The maximum Gasteiger partial charge on any atom is 0.254 e. The fraction of sp³-hybridized carbons (Fsp3) is 0.333. The second kappa shape index (κ2) is 6.38. The molecule has 8 heteroatoms. The maximum atomic E-state index is 12.9. The summed E-state index contributed by atoms with van der Waals surface area (Å²) in [6, 6.07) is 7.37. The van der Waals surface area contributed by atoms with Crippen molar-refractivity contribution in [2.75, 3.05) is 19.7 Å². The van der Waals surface area contributed by atoms with Gasteiger partial charge >= 0.3 is 0 Å². The Labute approximate surface area is 150 Å². The molecule has 1 aliphatic heterocycles. The van der Waals surface area contributed by atoms with Crippen LogP contribution in [0.1, 0.15) is 22.8 Å². The molecule has 4 rings (SSSR count). The van der Waals surface area contributed by atoms with Crippen LogP contribution in [-0.2, 0) is 17.4 Å². The van der Waals surface area contributed by atoms with E-state index in [-0.39, 0.29) is 5.91 Å². The number of benzene rings is 1. The van der Waals surface area contributed by atoms with Crippen LogP contribution in [0.15, 0.2) is 43.0 Å². The molecule has 8 nitrogen and oxygen atoms in total. The van der Waals surface area contributed by atoms with Gasteiger partial charge in [0, 0.05) is 36.5 Å². The Morgan fingerprint density at radius 2 is 2.12 bits per heavy atom. The molecule has 1 N–H and O–H groups in total. The fourth-order valence-electron chi connectivity index (χ4n) is 3.21. The van der Waals surface area contributed by atoms with Crippen LogP contribution >= 0.6 is 0 Å². The Hall–Kier alpha value is -3.00. The van der Waals surface area contributed by atoms with Crippen molar-refractivity contribution in [1.29, 1.82) is 0 Å². The number of ether oxygens (including phenoxy) is 1. The zero-order valence-electron chi connectivity index (χ0n) is 14.7. The van der Waals surface area contributed by atoms with Gasteiger partial charge in [-0.2, -0.15) is 10.2 Å². The van der Waals surface area contributed by atoms with E-state index in [1.807, 2.05) is 49.3 Å². The molecule has 134 valence electrons. The molecule has 1 saturated heterocycles. The highest BCUT2D eigenvalue weighted by Crippen LogP contribution is 2.30. The molecule has 3 heterocycles. The lowest BCUT2D eigenvalue weighted by Crippen LogP contribution is -2.50.